The van der Waals surface area contributed by atoms with Crippen LogP contribution >= 0.6 is 0 Å². The molecule has 0 radical (unpaired) electrons. The van der Waals surface area contributed by atoms with E-state index in [0.717, 1.165) is 64.2 Å². The number of Topliss-reactive ketones (excluding diaryl/α,β-unsaturated/α-hetero) is 4. The number of fused-ring (bicyclic) bond motifs is 3. The SMILES string of the molecule is CCN1CC[C@@H](C2(CC(=O)C[C@H]3COCCCCCCC[C@@H](C(=O)C(=O)CC4CC4)CC(=O)[C@@H]4[C@@H]5[C@H](CN4C3=O)C5(C)C)CCCCC2)S1(=O)=O. The van der Waals surface area contributed by atoms with Crippen LogP contribution in [0.2, 0.25) is 0 Å². The number of ketones is 4. The predicted octanol–water partition coefficient (Wildman–Crippen LogP) is 5.69. The van der Waals surface area contributed by atoms with Gasteiger partial charge in [0, 0.05) is 57.8 Å². The van der Waals surface area contributed by atoms with E-state index in [9.17, 15) is 32.4 Å². The molecule has 0 aromatic carbocycles. The number of hydrogen-bond acceptors (Lipinski definition) is 8. The smallest absolute Gasteiger partial charge is 0.229 e. The van der Waals surface area contributed by atoms with Crippen LogP contribution in [0.5, 0.6) is 0 Å². The number of carbonyl (C=O) groups excluding carboxylic acids is 5. The Labute approximate surface area is 305 Å². The Hall–Kier alpha value is -1.98. The van der Waals surface area contributed by atoms with Gasteiger partial charge in [0.15, 0.2) is 11.6 Å². The van der Waals surface area contributed by atoms with E-state index >= 15 is 0 Å². The van der Waals surface area contributed by atoms with Gasteiger partial charge in [-0.2, -0.15) is 0 Å². The molecule has 6 aliphatic rings. The number of sulfonamides is 1. The second-order valence-corrected chi connectivity index (χ2v) is 19.8. The molecular weight excluding hydrogens is 669 g/mol. The van der Waals surface area contributed by atoms with Gasteiger partial charge < -0.3 is 9.64 Å². The Morgan fingerprint density at radius 2 is 1.57 bits per heavy atom. The molecule has 1 amide bonds. The van der Waals surface area contributed by atoms with Crippen LogP contribution in [-0.4, -0.2) is 90.8 Å². The first-order chi connectivity index (χ1) is 24.3. The highest BCUT2D eigenvalue weighted by molar-refractivity contribution is 7.90. The molecular formula is C40H62N2O8S. The maximum atomic E-state index is 14.6. The largest absolute Gasteiger partial charge is 0.381 e. The lowest BCUT2D eigenvalue weighted by Gasteiger charge is -2.41. The first-order valence-corrected chi connectivity index (χ1v) is 21.8. The zero-order valence-electron chi connectivity index (χ0n) is 31.4. The van der Waals surface area contributed by atoms with Gasteiger partial charge in [0.25, 0.3) is 0 Å². The fourth-order valence-corrected chi connectivity index (χ4v) is 13.0. The van der Waals surface area contributed by atoms with Gasteiger partial charge in [0.2, 0.25) is 21.7 Å². The molecule has 0 N–H and O–H groups in total. The number of rotatable bonds is 10. The minimum absolute atomic E-state index is 0.0254. The molecule has 3 aliphatic carbocycles. The summed E-state index contributed by atoms with van der Waals surface area (Å²) >= 11 is 0. The second-order valence-electron chi connectivity index (χ2n) is 17.7. The Morgan fingerprint density at radius 3 is 2.25 bits per heavy atom. The van der Waals surface area contributed by atoms with Crippen molar-refractivity contribution in [2.45, 2.75) is 148 Å². The van der Waals surface area contributed by atoms with Crippen LogP contribution in [0.4, 0.5) is 0 Å². The van der Waals surface area contributed by atoms with E-state index in [1.807, 2.05) is 6.92 Å². The molecule has 6 fully saturated rings. The van der Waals surface area contributed by atoms with E-state index in [-0.39, 0.29) is 72.8 Å². The average molecular weight is 731 g/mol. The third-order valence-corrected chi connectivity index (χ3v) is 16.5. The van der Waals surface area contributed by atoms with Crippen LogP contribution in [-0.2, 0) is 38.7 Å². The first-order valence-electron chi connectivity index (χ1n) is 20.3. The lowest BCUT2D eigenvalue weighted by molar-refractivity contribution is -0.147. The van der Waals surface area contributed by atoms with E-state index < -0.39 is 44.3 Å². The van der Waals surface area contributed by atoms with E-state index in [0.29, 0.717) is 57.8 Å². The van der Waals surface area contributed by atoms with Crippen LogP contribution < -0.4 is 0 Å². The summed E-state index contributed by atoms with van der Waals surface area (Å²) in [5.74, 6) is -2.29. The van der Waals surface area contributed by atoms with Crippen molar-refractivity contribution in [3.63, 3.8) is 0 Å². The topological polar surface area (TPSA) is 135 Å². The van der Waals surface area contributed by atoms with Gasteiger partial charge in [-0.1, -0.05) is 65.7 Å². The summed E-state index contributed by atoms with van der Waals surface area (Å²) in [4.78, 5) is 71.1. The Balaban J connectivity index is 1.22. The van der Waals surface area contributed by atoms with E-state index in [1.54, 1.807) is 9.21 Å². The summed E-state index contributed by atoms with van der Waals surface area (Å²) in [6.07, 6.45) is 11.9. The molecule has 0 unspecified atom stereocenters. The van der Waals surface area contributed by atoms with Crippen molar-refractivity contribution in [1.82, 2.24) is 9.21 Å². The fraction of sp³-hybridized carbons (Fsp3) is 0.875. The van der Waals surface area contributed by atoms with Crippen molar-refractivity contribution in [3.05, 3.63) is 0 Å². The fourth-order valence-electron chi connectivity index (χ4n) is 10.6. The Kier molecular flexibility index (Phi) is 12.0. The maximum absolute atomic E-state index is 14.6. The molecule has 3 heterocycles. The van der Waals surface area contributed by atoms with Gasteiger partial charge in [-0.15, -0.1) is 0 Å². The number of piperidine rings is 1. The molecule has 0 spiro atoms. The van der Waals surface area contributed by atoms with Crippen LogP contribution in [0, 0.1) is 40.4 Å². The highest BCUT2D eigenvalue weighted by atomic mass is 32.2. The van der Waals surface area contributed by atoms with Gasteiger partial charge in [0.1, 0.15) is 5.78 Å². The molecule has 0 aromatic rings. The summed E-state index contributed by atoms with van der Waals surface area (Å²) in [6, 6.07) is -0.690. The second kappa shape index (κ2) is 15.8. The number of nitrogens with zero attached hydrogens (tertiary/aromatic N) is 2. The van der Waals surface area contributed by atoms with Gasteiger partial charge in [-0.3, -0.25) is 24.0 Å². The highest BCUT2D eigenvalue weighted by Crippen LogP contribution is 2.65. The number of carbonyl (C=O) groups is 5. The van der Waals surface area contributed by atoms with Crippen molar-refractivity contribution in [2.75, 3.05) is 32.8 Å². The van der Waals surface area contributed by atoms with Gasteiger partial charge in [-0.25, -0.2) is 12.7 Å². The molecule has 3 aliphatic heterocycles. The maximum Gasteiger partial charge on any atom is 0.229 e. The van der Waals surface area contributed by atoms with E-state index in [4.69, 9.17) is 4.74 Å². The van der Waals surface area contributed by atoms with Crippen molar-refractivity contribution < 1.29 is 37.1 Å². The minimum atomic E-state index is -3.52. The van der Waals surface area contributed by atoms with Crippen LogP contribution in [0.25, 0.3) is 0 Å². The molecule has 0 bridgehead atoms. The molecule has 51 heavy (non-hydrogen) atoms. The predicted molar refractivity (Wildman–Crippen MR) is 193 cm³/mol. The monoisotopic (exact) mass is 730 g/mol. The van der Waals surface area contributed by atoms with Crippen molar-refractivity contribution >= 4 is 39.1 Å². The van der Waals surface area contributed by atoms with Gasteiger partial charge in [-0.05, 0) is 73.5 Å². The molecule has 6 rings (SSSR count). The molecule has 11 heteroatoms. The first kappa shape index (κ1) is 38.7. The summed E-state index contributed by atoms with van der Waals surface area (Å²) in [5, 5.41) is -0.583. The summed E-state index contributed by atoms with van der Waals surface area (Å²) in [5.41, 5.74) is -0.746. The molecule has 3 saturated carbocycles. The van der Waals surface area contributed by atoms with E-state index in [2.05, 4.69) is 13.8 Å². The lowest BCUT2D eigenvalue weighted by atomic mass is 9.67. The Morgan fingerprint density at radius 1 is 0.882 bits per heavy atom. The zero-order valence-corrected chi connectivity index (χ0v) is 32.2. The summed E-state index contributed by atoms with van der Waals surface area (Å²) < 4.78 is 34.9. The average Bonchev–Trinajstić information content (AvgIpc) is 3.88. The van der Waals surface area contributed by atoms with Crippen molar-refractivity contribution in [2.24, 2.45) is 40.4 Å². The molecule has 286 valence electrons. The van der Waals surface area contributed by atoms with Crippen LogP contribution in [0.3, 0.4) is 0 Å². The lowest BCUT2D eigenvalue weighted by Crippen LogP contribution is -2.49. The molecule has 6 atom stereocenters. The summed E-state index contributed by atoms with van der Waals surface area (Å²) in [7, 11) is -3.52. The Bertz CT molecular complexity index is 1450. The third kappa shape index (κ3) is 8.25. The molecule has 3 saturated heterocycles. The number of amides is 1. The highest BCUT2D eigenvalue weighted by Gasteiger charge is 2.69. The quantitative estimate of drug-likeness (QED) is 0.262. The standard InChI is InChI=1S/C40H62N2O8S/c1-4-41-19-16-34(51(41,48)49)40(17-10-8-11-18-40)24-30(43)22-29-26-50-20-12-7-5-6-9-13-28(37(46)33(45)21-27-14-15-27)23-32(44)36-35-31(39(35,2)3)25-42(36)38(29)47/h27-29,31,34-36H,4-26H2,1-3H3/t28-,29+,31+,34+,35+,36-/m1/s1. The third-order valence-electron chi connectivity index (χ3n) is 13.9. The minimum Gasteiger partial charge on any atom is -0.381 e. The summed E-state index contributed by atoms with van der Waals surface area (Å²) in [6.45, 7) is 7.99. The van der Waals surface area contributed by atoms with Crippen LogP contribution in [0.15, 0.2) is 0 Å². The van der Waals surface area contributed by atoms with Gasteiger partial charge in [0.05, 0.1) is 23.8 Å². The zero-order chi connectivity index (χ0) is 36.6. The van der Waals surface area contributed by atoms with Crippen molar-refractivity contribution in [1.29, 1.82) is 0 Å². The normalized spacial score (nSPS) is 34.5. The number of ether oxygens (including phenoxy) is 1. The van der Waals surface area contributed by atoms with Gasteiger partial charge >= 0.3 is 0 Å². The van der Waals surface area contributed by atoms with Crippen LogP contribution in [0.1, 0.15) is 136 Å². The van der Waals surface area contributed by atoms with Crippen molar-refractivity contribution in [3.8, 4) is 0 Å². The molecule has 0 aromatic heterocycles. The van der Waals surface area contributed by atoms with E-state index in [1.165, 1.54) is 0 Å². The number of hydrogen-bond donors (Lipinski definition) is 0. The molecule has 10 nitrogen and oxygen atoms in total.